The molecule has 3 aromatic heterocycles. The summed E-state index contributed by atoms with van der Waals surface area (Å²) in [5.41, 5.74) is 1.99. The zero-order valence-electron chi connectivity index (χ0n) is 20.4. The predicted molar refractivity (Wildman–Crippen MR) is 137 cm³/mol. The normalized spacial score (nSPS) is 20.7. The van der Waals surface area contributed by atoms with Crippen molar-refractivity contribution in [3.63, 3.8) is 0 Å². The third-order valence-corrected chi connectivity index (χ3v) is 7.50. The number of fused-ring (bicyclic) bond motifs is 2. The van der Waals surface area contributed by atoms with Gasteiger partial charge in [-0.3, -0.25) is 14.5 Å². The van der Waals surface area contributed by atoms with Crippen LogP contribution in [0.5, 0.6) is 5.75 Å². The minimum Gasteiger partial charge on any atom is -0.491 e. The number of benzene rings is 1. The van der Waals surface area contributed by atoms with Gasteiger partial charge in [0, 0.05) is 37.0 Å². The first-order chi connectivity index (χ1) is 18.0. The predicted octanol–water partition coefficient (Wildman–Crippen LogP) is 3.06. The standard InChI is InChI=1S/C27H29FN6O3/c28-18-14-33(15-18)11-12-37-20-9-10-24-23(13-29-34(24)16-20)26(35)30-19-7-5-17(6-8-19)25-21-3-1-2-4-22(21)27(36)32-31-25/h1-4,9-10,13,16-19H,5-8,11-12,14-15H2,(H,30,35)(H,32,36)/t17-,19-. The summed E-state index contributed by atoms with van der Waals surface area (Å²) >= 11 is 0. The molecule has 6 rings (SSSR count). The molecule has 0 unspecified atom stereocenters. The number of alkyl halides is 1. The number of hydrogen-bond acceptors (Lipinski definition) is 6. The summed E-state index contributed by atoms with van der Waals surface area (Å²) in [5.74, 6) is 0.754. The van der Waals surface area contributed by atoms with Crippen LogP contribution in [0.3, 0.4) is 0 Å². The van der Waals surface area contributed by atoms with E-state index in [1.54, 1.807) is 16.9 Å². The van der Waals surface area contributed by atoms with Crippen LogP contribution in [-0.4, -0.2) is 69.1 Å². The lowest BCUT2D eigenvalue weighted by Crippen LogP contribution is -2.49. The molecule has 1 amide bonds. The number of aromatic nitrogens is 4. The smallest absolute Gasteiger partial charge is 0.272 e. The lowest BCUT2D eigenvalue weighted by molar-refractivity contribution is 0.0538. The molecule has 0 radical (unpaired) electrons. The molecule has 9 nitrogen and oxygen atoms in total. The molecule has 4 aromatic rings. The lowest BCUT2D eigenvalue weighted by atomic mass is 9.82. The average molecular weight is 505 g/mol. The molecule has 2 fully saturated rings. The van der Waals surface area contributed by atoms with Crippen LogP contribution < -0.4 is 15.6 Å². The van der Waals surface area contributed by atoms with E-state index in [4.69, 9.17) is 4.74 Å². The Bertz CT molecular complexity index is 1490. The van der Waals surface area contributed by atoms with E-state index in [0.717, 1.165) is 36.8 Å². The van der Waals surface area contributed by atoms with Crippen LogP contribution in [0.1, 0.15) is 47.7 Å². The fourth-order valence-corrected chi connectivity index (χ4v) is 5.43. The molecule has 1 aliphatic heterocycles. The molecule has 0 bridgehead atoms. The summed E-state index contributed by atoms with van der Waals surface area (Å²) in [7, 11) is 0. The van der Waals surface area contributed by atoms with E-state index in [0.29, 0.717) is 48.5 Å². The van der Waals surface area contributed by atoms with E-state index in [9.17, 15) is 14.0 Å². The van der Waals surface area contributed by atoms with Crippen LogP contribution in [0.15, 0.2) is 53.6 Å². The van der Waals surface area contributed by atoms with E-state index >= 15 is 0 Å². The van der Waals surface area contributed by atoms with Gasteiger partial charge in [0.25, 0.3) is 11.5 Å². The van der Waals surface area contributed by atoms with Gasteiger partial charge in [0.2, 0.25) is 0 Å². The zero-order chi connectivity index (χ0) is 25.4. The first kappa shape index (κ1) is 23.6. The van der Waals surface area contributed by atoms with E-state index in [1.807, 2.05) is 41.3 Å². The molecular weight excluding hydrogens is 475 g/mol. The fourth-order valence-electron chi connectivity index (χ4n) is 5.43. The number of amides is 1. The van der Waals surface area contributed by atoms with Gasteiger partial charge in [-0.25, -0.2) is 14.0 Å². The highest BCUT2D eigenvalue weighted by Crippen LogP contribution is 2.34. The van der Waals surface area contributed by atoms with Crippen LogP contribution >= 0.6 is 0 Å². The summed E-state index contributed by atoms with van der Waals surface area (Å²) in [4.78, 5) is 27.2. The maximum atomic E-state index is 13.1. The van der Waals surface area contributed by atoms with Crippen LogP contribution in [-0.2, 0) is 0 Å². The summed E-state index contributed by atoms with van der Waals surface area (Å²) in [6, 6.07) is 11.3. The molecule has 0 atom stereocenters. The highest BCUT2D eigenvalue weighted by atomic mass is 19.1. The number of pyridine rings is 1. The Kier molecular flexibility index (Phi) is 6.33. The Balaban J connectivity index is 1.06. The van der Waals surface area contributed by atoms with Crippen molar-refractivity contribution in [1.82, 2.24) is 30.0 Å². The number of hydrogen-bond donors (Lipinski definition) is 2. The molecule has 1 aliphatic carbocycles. The quantitative estimate of drug-likeness (QED) is 0.401. The van der Waals surface area contributed by atoms with Gasteiger partial charge >= 0.3 is 0 Å². The van der Waals surface area contributed by atoms with E-state index in [1.165, 1.54) is 0 Å². The Labute approximate surface area is 212 Å². The Morgan fingerprint density at radius 2 is 1.89 bits per heavy atom. The monoisotopic (exact) mass is 504 g/mol. The SMILES string of the molecule is O=C(N[C@H]1CC[C@H](c2n[nH]c(=O)c3ccccc32)CC1)c1cnn2cc(OCCN3CC(F)C3)ccc12. The lowest BCUT2D eigenvalue weighted by Gasteiger charge is -2.33. The number of rotatable bonds is 7. The van der Waals surface area contributed by atoms with Gasteiger partial charge in [-0.15, -0.1) is 0 Å². The summed E-state index contributed by atoms with van der Waals surface area (Å²) in [5, 5.41) is 16.1. The second-order valence-electron chi connectivity index (χ2n) is 9.96. The van der Waals surface area contributed by atoms with Crippen molar-refractivity contribution >= 4 is 22.2 Å². The highest BCUT2D eigenvalue weighted by Gasteiger charge is 2.27. The van der Waals surface area contributed by atoms with Crippen molar-refractivity contribution in [2.24, 2.45) is 0 Å². The highest BCUT2D eigenvalue weighted by molar-refractivity contribution is 6.00. The van der Waals surface area contributed by atoms with E-state index in [2.05, 4.69) is 20.6 Å². The van der Waals surface area contributed by atoms with Gasteiger partial charge < -0.3 is 10.1 Å². The summed E-state index contributed by atoms with van der Waals surface area (Å²) in [6.07, 6.45) is 6.06. The molecule has 0 spiro atoms. The van der Waals surface area contributed by atoms with E-state index in [-0.39, 0.29) is 23.4 Å². The Morgan fingerprint density at radius 1 is 1.11 bits per heavy atom. The van der Waals surface area contributed by atoms with Crippen LogP contribution in [0.4, 0.5) is 4.39 Å². The minimum atomic E-state index is -0.715. The molecule has 1 saturated heterocycles. The number of nitrogens with zero attached hydrogens (tertiary/aromatic N) is 4. The van der Waals surface area contributed by atoms with Crippen molar-refractivity contribution in [2.45, 2.75) is 43.8 Å². The molecule has 4 heterocycles. The molecule has 2 aliphatic rings. The van der Waals surface area contributed by atoms with Crippen molar-refractivity contribution in [2.75, 3.05) is 26.2 Å². The van der Waals surface area contributed by atoms with Crippen LogP contribution in [0.25, 0.3) is 16.3 Å². The number of ether oxygens (including phenoxy) is 1. The van der Waals surface area contributed by atoms with Gasteiger partial charge in [-0.05, 0) is 43.9 Å². The van der Waals surface area contributed by atoms with Gasteiger partial charge in [0.05, 0.1) is 34.6 Å². The average Bonchev–Trinajstić information content (AvgIpc) is 3.32. The van der Waals surface area contributed by atoms with E-state index < -0.39 is 6.17 Å². The summed E-state index contributed by atoms with van der Waals surface area (Å²) < 4.78 is 20.3. The van der Waals surface area contributed by atoms with Crippen molar-refractivity contribution in [1.29, 1.82) is 0 Å². The molecule has 37 heavy (non-hydrogen) atoms. The van der Waals surface area contributed by atoms with Crippen molar-refractivity contribution in [3.8, 4) is 5.75 Å². The van der Waals surface area contributed by atoms with Gasteiger partial charge in [0.15, 0.2) is 0 Å². The maximum Gasteiger partial charge on any atom is 0.272 e. The Morgan fingerprint density at radius 3 is 2.68 bits per heavy atom. The number of likely N-dealkylation sites (tertiary alicyclic amines) is 1. The second kappa shape index (κ2) is 9.93. The summed E-state index contributed by atoms with van der Waals surface area (Å²) in [6.45, 7) is 2.10. The van der Waals surface area contributed by atoms with Crippen LogP contribution in [0.2, 0.25) is 0 Å². The zero-order valence-corrected chi connectivity index (χ0v) is 20.4. The second-order valence-corrected chi connectivity index (χ2v) is 9.96. The van der Waals surface area contributed by atoms with Gasteiger partial charge in [0.1, 0.15) is 18.5 Å². The van der Waals surface area contributed by atoms with Gasteiger partial charge in [-0.1, -0.05) is 18.2 Å². The maximum absolute atomic E-state index is 13.1. The third kappa shape index (κ3) is 4.81. The minimum absolute atomic E-state index is 0.0701. The first-order valence-electron chi connectivity index (χ1n) is 12.8. The first-order valence-corrected chi connectivity index (χ1v) is 12.8. The van der Waals surface area contributed by atoms with Crippen molar-refractivity contribution in [3.05, 3.63) is 70.4 Å². The number of nitrogens with one attached hydrogen (secondary N) is 2. The number of carbonyl (C=O) groups is 1. The molecule has 1 aromatic carbocycles. The molecular formula is C27H29FN6O3. The number of H-pyrrole nitrogens is 1. The third-order valence-electron chi connectivity index (χ3n) is 7.50. The molecule has 2 N–H and O–H groups in total. The van der Waals surface area contributed by atoms with Crippen LogP contribution in [0, 0.1) is 0 Å². The van der Waals surface area contributed by atoms with Gasteiger partial charge in [-0.2, -0.15) is 10.2 Å². The fraction of sp³-hybridized carbons (Fsp3) is 0.407. The molecule has 1 saturated carbocycles. The number of aromatic amines is 1. The molecule has 192 valence electrons. The largest absolute Gasteiger partial charge is 0.491 e. The number of halogens is 1. The van der Waals surface area contributed by atoms with Crippen molar-refractivity contribution < 1.29 is 13.9 Å². The Hall–Kier alpha value is -3.79. The number of carbonyl (C=O) groups excluding carboxylic acids is 1. The molecule has 10 heteroatoms. The topological polar surface area (TPSA) is 105 Å².